The maximum Gasteiger partial charge on any atom is 0.471 e. The first-order valence-corrected chi connectivity index (χ1v) is 9.85. The topological polar surface area (TPSA) is 87.3 Å². The van der Waals surface area contributed by atoms with Gasteiger partial charge in [0.2, 0.25) is 11.8 Å². The highest BCUT2D eigenvalue weighted by molar-refractivity contribution is 7.40. The standard InChI is InChI=1S/C16H30F3N3O3P2/c1-9(7-5-6-8-20-14(25)16(17,18)19)12(23)21-10(2)13(24)22-11(3)15(4,26)27/h9-11H,5-8,26-27H2,1-4H3,(H,20,25)(H,21,23)(H,22,24)/t9-,10+,11+/m0/s1. The van der Waals surface area contributed by atoms with Gasteiger partial charge in [-0.2, -0.15) is 13.2 Å². The lowest BCUT2D eigenvalue weighted by Crippen LogP contribution is -2.51. The molecule has 2 unspecified atom stereocenters. The van der Waals surface area contributed by atoms with E-state index in [9.17, 15) is 27.6 Å². The van der Waals surface area contributed by atoms with Gasteiger partial charge in [-0.25, -0.2) is 0 Å². The van der Waals surface area contributed by atoms with E-state index in [0.29, 0.717) is 19.3 Å². The van der Waals surface area contributed by atoms with Gasteiger partial charge in [0.05, 0.1) is 0 Å². The number of carbonyl (C=O) groups excluding carboxylic acids is 3. The second-order valence-corrected chi connectivity index (χ2v) is 10.1. The van der Waals surface area contributed by atoms with Gasteiger partial charge in [-0.05, 0) is 26.7 Å². The summed E-state index contributed by atoms with van der Waals surface area (Å²) in [5.41, 5.74) is 0. The number of amides is 3. The summed E-state index contributed by atoms with van der Waals surface area (Å²) in [5, 5.41) is 7.23. The number of unbranched alkanes of at least 4 members (excludes halogenated alkanes) is 1. The average Bonchev–Trinajstić information content (AvgIpc) is 2.51. The Balaban J connectivity index is 4.17. The summed E-state index contributed by atoms with van der Waals surface area (Å²) < 4.78 is 36.1. The van der Waals surface area contributed by atoms with E-state index in [2.05, 4.69) is 29.1 Å². The average molecular weight is 431 g/mol. The van der Waals surface area contributed by atoms with E-state index in [1.807, 2.05) is 13.8 Å². The van der Waals surface area contributed by atoms with Crippen molar-refractivity contribution in [1.29, 1.82) is 0 Å². The van der Waals surface area contributed by atoms with E-state index >= 15 is 0 Å². The molecule has 0 fully saturated rings. The minimum absolute atomic E-state index is 0.105. The number of hydrogen-bond acceptors (Lipinski definition) is 3. The van der Waals surface area contributed by atoms with E-state index in [1.54, 1.807) is 19.2 Å². The molecular weight excluding hydrogens is 401 g/mol. The first-order chi connectivity index (χ1) is 12.2. The second kappa shape index (κ2) is 11.2. The molecule has 0 radical (unpaired) electrons. The third-order valence-corrected chi connectivity index (χ3v) is 5.10. The molecule has 0 spiro atoms. The smallest absolute Gasteiger partial charge is 0.351 e. The van der Waals surface area contributed by atoms with Crippen LogP contribution in [0.5, 0.6) is 0 Å². The Morgan fingerprint density at radius 1 is 0.963 bits per heavy atom. The van der Waals surface area contributed by atoms with Crippen LogP contribution in [0.2, 0.25) is 0 Å². The van der Waals surface area contributed by atoms with E-state index in [0.717, 1.165) is 0 Å². The van der Waals surface area contributed by atoms with Crippen molar-refractivity contribution in [3.63, 3.8) is 0 Å². The molecule has 0 saturated carbocycles. The Labute approximate surface area is 163 Å². The predicted octanol–water partition coefficient (Wildman–Crippen LogP) is 1.95. The van der Waals surface area contributed by atoms with Gasteiger partial charge in [-0.3, -0.25) is 14.4 Å². The van der Waals surface area contributed by atoms with Crippen LogP contribution in [0.4, 0.5) is 13.2 Å². The Bertz CT molecular complexity index is 525. The van der Waals surface area contributed by atoms with Gasteiger partial charge in [0.25, 0.3) is 0 Å². The summed E-state index contributed by atoms with van der Waals surface area (Å²) in [5.74, 6) is -2.96. The van der Waals surface area contributed by atoms with Gasteiger partial charge in [-0.15, -0.1) is 18.5 Å². The van der Waals surface area contributed by atoms with Crippen molar-refractivity contribution < 1.29 is 27.6 Å². The molecule has 0 aromatic carbocycles. The monoisotopic (exact) mass is 431 g/mol. The Hall–Kier alpha value is -0.940. The van der Waals surface area contributed by atoms with E-state index < -0.39 is 24.0 Å². The molecule has 0 aliphatic carbocycles. The molecule has 11 heteroatoms. The maximum absolute atomic E-state index is 12.1. The summed E-state index contributed by atoms with van der Waals surface area (Å²) >= 11 is 0. The summed E-state index contributed by atoms with van der Waals surface area (Å²) in [7, 11) is 5.23. The number of rotatable bonds is 10. The molecule has 0 aromatic rings. The van der Waals surface area contributed by atoms with Crippen LogP contribution < -0.4 is 16.0 Å². The Morgan fingerprint density at radius 3 is 2.00 bits per heavy atom. The van der Waals surface area contributed by atoms with Crippen LogP contribution in [0, 0.1) is 5.92 Å². The fourth-order valence-electron chi connectivity index (χ4n) is 1.92. The number of halogens is 3. The molecule has 3 N–H and O–H groups in total. The summed E-state index contributed by atoms with van der Waals surface area (Å²) in [6.45, 7) is 6.94. The van der Waals surface area contributed by atoms with Crippen LogP contribution in [0.15, 0.2) is 0 Å². The van der Waals surface area contributed by atoms with Crippen molar-refractivity contribution in [2.24, 2.45) is 5.92 Å². The lowest BCUT2D eigenvalue weighted by atomic mass is 10.0. The zero-order valence-electron chi connectivity index (χ0n) is 16.1. The molecule has 6 nitrogen and oxygen atoms in total. The van der Waals surface area contributed by atoms with Gasteiger partial charge in [-0.1, -0.05) is 20.3 Å². The fourth-order valence-corrected chi connectivity index (χ4v) is 2.09. The minimum atomic E-state index is -4.88. The van der Waals surface area contributed by atoms with Crippen molar-refractivity contribution in [1.82, 2.24) is 16.0 Å². The van der Waals surface area contributed by atoms with Crippen LogP contribution in [-0.2, 0) is 14.4 Å². The summed E-state index contributed by atoms with van der Waals surface area (Å²) in [6, 6.07) is -0.838. The molecule has 0 saturated heterocycles. The molecule has 158 valence electrons. The van der Waals surface area contributed by atoms with E-state index in [-0.39, 0.29) is 29.3 Å². The van der Waals surface area contributed by atoms with Crippen LogP contribution in [0.25, 0.3) is 0 Å². The van der Waals surface area contributed by atoms with Gasteiger partial charge in [0.1, 0.15) is 6.04 Å². The van der Waals surface area contributed by atoms with Crippen molar-refractivity contribution in [3.8, 4) is 0 Å². The van der Waals surface area contributed by atoms with Crippen molar-refractivity contribution >= 4 is 36.2 Å². The number of alkyl halides is 3. The molecule has 0 aliphatic rings. The normalized spacial score (nSPS) is 15.4. The molecule has 0 aliphatic heterocycles. The SMILES string of the molecule is C[C@@H](CCCCNC(=O)C(F)(F)F)C(=O)N[C@H](C)C(=O)N[C@H](C)C(C)(P)P. The number of hydrogen-bond donors (Lipinski definition) is 3. The number of nitrogens with one attached hydrogen (secondary N) is 3. The molecule has 27 heavy (non-hydrogen) atoms. The van der Waals surface area contributed by atoms with Gasteiger partial charge in [0.15, 0.2) is 0 Å². The quantitative estimate of drug-likeness (QED) is 0.365. The lowest BCUT2D eigenvalue weighted by Gasteiger charge is -2.29. The fraction of sp³-hybridized carbons (Fsp3) is 0.812. The highest BCUT2D eigenvalue weighted by Crippen LogP contribution is 2.29. The molecule has 0 bridgehead atoms. The lowest BCUT2D eigenvalue weighted by molar-refractivity contribution is -0.173. The Morgan fingerprint density at radius 2 is 1.52 bits per heavy atom. The van der Waals surface area contributed by atoms with Crippen molar-refractivity contribution in [3.05, 3.63) is 0 Å². The molecular formula is C16H30F3N3O3P2. The third kappa shape index (κ3) is 10.8. The highest BCUT2D eigenvalue weighted by Gasteiger charge is 2.38. The van der Waals surface area contributed by atoms with Crippen LogP contribution in [-0.4, -0.2) is 47.4 Å². The summed E-state index contributed by atoms with van der Waals surface area (Å²) in [4.78, 5) is 34.6. The largest absolute Gasteiger partial charge is 0.471 e. The van der Waals surface area contributed by atoms with Crippen LogP contribution in [0.1, 0.15) is 47.0 Å². The minimum Gasteiger partial charge on any atom is -0.351 e. The van der Waals surface area contributed by atoms with E-state index in [4.69, 9.17) is 0 Å². The zero-order valence-corrected chi connectivity index (χ0v) is 18.4. The number of carbonyl (C=O) groups is 3. The van der Waals surface area contributed by atoms with Crippen LogP contribution >= 0.6 is 18.5 Å². The first kappa shape index (κ1) is 26.1. The molecule has 0 rings (SSSR count). The predicted molar refractivity (Wildman–Crippen MR) is 105 cm³/mol. The van der Waals surface area contributed by atoms with Gasteiger partial charge in [0, 0.05) is 23.4 Å². The zero-order chi connectivity index (χ0) is 21.4. The van der Waals surface area contributed by atoms with Crippen molar-refractivity contribution in [2.75, 3.05) is 6.54 Å². The van der Waals surface area contributed by atoms with E-state index in [1.165, 1.54) is 0 Å². The molecule has 3 amide bonds. The molecule has 0 aromatic heterocycles. The Kier molecular flexibility index (Phi) is 10.8. The second-order valence-electron chi connectivity index (χ2n) is 6.98. The van der Waals surface area contributed by atoms with Crippen LogP contribution in [0.3, 0.4) is 0 Å². The first-order valence-electron chi connectivity index (χ1n) is 8.69. The molecule has 0 heterocycles. The summed E-state index contributed by atoms with van der Waals surface area (Å²) in [6.07, 6.45) is -3.64. The molecule has 5 atom stereocenters. The van der Waals surface area contributed by atoms with Gasteiger partial charge >= 0.3 is 12.1 Å². The van der Waals surface area contributed by atoms with Gasteiger partial charge < -0.3 is 16.0 Å². The third-order valence-electron chi connectivity index (χ3n) is 4.10. The highest BCUT2D eigenvalue weighted by atomic mass is 31.1. The maximum atomic E-state index is 12.1. The van der Waals surface area contributed by atoms with Crippen molar-refractivity contribution in [2.45, 2.75) is 70.1 Å².